The predicted molar refractivity (Wildman–Crippen MR) is 109 cm³/mol. The van der Waals surface area contributed by atoms with Gasteiger partial charge in [0.2, 0.25) is 5.91 Å². The molecule has 0 atom stereocenters. The van der Waals surface area contributed by atoms with Gasteiger partial charge in [0.25, 0.3) is 0 Å². The molecule has 1 N–H and O–H groups in total. The van der Waals surface area contributed by atoms with Crippen LogP contribution in [0.2, 0.25) is 0 Å². The molecular weight excluding hydrogens is 356 g/mol. The van der Waals surface area contributed by atoms with Gasteiger partial charge in [-0.25, -0.2) is 4.99 Å². The van der Waals surface area contributed by atoms with Crippen molar-refractivity contribution >= 4 is 11.9 Å². The Balaban J connectivity index is 1.51. The van der Waals surface area contributed by atoms with Crippen LogP contribution in [-0.2, 0) is 11.3 Å². The highest BCUT2D eigenvalue weighted by Crippen LogP contribution is 2.15. The van der Waals surface area contributed by atoms with E-state index < -0.39 is 0 Å². The highest BCUT2D eigenvalue weighted by atomic mass is 16.5. The van der Waals surface area contributed by atoms with Gasteiger partial charge in [0, 0.05) is 51.9 Å². The lowest BCUT2D eigenvalue weighted by Gasteiger charge is -2.36. The molecule has 0 spiro atoms. The number of likely N-dealkylation sites (tertiary alicyclic amines) is 1. The average molecular weight is 391 g/mol. The number of nitrogens with zero attached hydrogens (tertiary/aromatic N) is 5. The molecule has 2 aliphatic rings. The molecule has 3 rings (SSSR count). The summed E-state index contributed by atoms with van der Waals surface area (Å²) in [6.45, 7) is 13.5. The number of carbonyl (C=O) groups excluding carboxylic acids is 1. The van der Waals surface area contributed by atoms with E-state index in [0.717, 1.165) is 76.1 Å². The zero-order valence-corrected chi connectivity index (χ0v) is 17.5. The van der Waals surface area contributed by atoms with Gasteiger partial charge in [0.1, 0.15) is 6.54 Å². The van der Waals surface area contributed by atoms with Crippen LogP contribution in [-0.4, -0.2) is 84.1 Å². The maximum Gasteiger partial charge on any atom is 0.236 e. The summed E-state index contributed by atoms with van der Waals surface area (Å²) in [6, 6.07) is 1.99. The number of guanidine groups is 1. The van der Waals surface area contributed by atoms with Crippen LogP contribution in [0.15, 0.2) is 15.6 Å². The molecule has 1 amide bonds. The van der Waals surface area contributed by atoms with Gasteiger partial charge in [-0.15, -0.1) is 0 Å². The molecule has 0 radical (unpaired) electrons. The standard InChI is InChI=1S/C20H34N6O2/c1-4-21-20(22-14-17-13-18(16(2)3)23-28-17)26-11-9-24(10-12-26)15-19(27)25-7-5-6-8-25/h13,16H,4-12,14-15H2,1-3H3,(H,21,22). The maximum atomic E-state index is 12.4. The van der Waals surface area contributed by atoms with Gasteiger partial charge in [0.05, 0.1) is 12.2 Å². The number of nitrogens with one attached hydrogen (secondary N) is 1. The molecular formula is C20H34N6O2. The molecule has 156 valence electrons. The number of aliphatic imine (C=N–C) groups is 1. The number of hydrogen-bond acceptors (Lipinski definition) is 5. The molecule has 0 unspecified atom stereocenters. The quantitative estimate of drug-likeness (QED) is 0.586. The lowest BCUT2D eigenvalue weighted by atomic mass is 10.1. The van der Waals surface area contributed by atoms with E-state index in [0.29, 0.717) is 19.0 Å². The highest BCUT2D eigenvalue weighted by molar-refractivity contribution is 5.80. The van der Waals surface area contributed by atoms with E-state index in [-0.39, 0.29) is 5.91 Å². The van der Waals surface area contributed by atoms with Crippen LogP contribution in [0.1, 0.15) is 51.0 Å². The van der Waals surface area contributed by atoms with Crippen molar-refractivity contribution in [2.24, 2.45) is 4.99 Å². The second kappa shape index (κ2) is 9.91. The molecule has 2 aliphatic heterocycles. The maximum absolute atomic E-state index is 12.4. The monoisotopic (exact) mass is 390 g/mol. The molecule has 0 aliphatic carbocycles. The number of piperazine rings is 1. The van der Waals surface area contributed by atoms with Crippen molar-refractivity contribution in [3.8, 4) is 0 Å². The van der Waals surface area contributed by atoms with Crippen molar-refractivity contribution in [3.63, 3.8) is 0 Å². The summed E-state index contributed by atoms with van der Waals surface area (Å²) in [4.78, 5) is 23.6. The summed E-state index contributed by atoms with van der Waals surface area (Å²) in [7, 11) is 0. The van der Waals surface area contributed by atoms with Crippen molar-refractivity contribution in [1.82, 2.24) is 25.2 Å². The molecule has 2 saturated heterocycles. The molecule has 8 heteroatoms. The fourth-order valence-electron chi connectivity index (χ4n) is 3.63. The molecule has 0 saturated carbocycles. The van der Waals surface area contributed by atoms with Gasteiger partial charge in [-0.1, -0.05) is 19.0 Å². The van der Waals surface area contributed by atoms with E-state index in [1.807, 2.05) is 11.0 Å². The van der Waals surface area contributed by atoms with Crippen molar-refractivity contribution in [1.29, 1.82) is 0 Å². The first kappa shape index (κ1) is 20.6. The number of hydrogen-bond donors (Lipinski definition) is 1. The minimum Gasteiger partial charge on any atom is -0.359 e. The van der Waals surface area contributed by atoms with Gasteiger partial charge in [-0.2, -0.15) is 0 Å². The third-order valence-electron chi connectivity index (χ3n) is 5.38. The summed E-state index contributed by atoms with van der Waals surface area (Å²) in [5.74, 6) is 2.31. The molecule has 8 nitrogen and oxygen atoms in total. The van der Waals surface area contributed by atoms with Crippen molar-refractivity contribution in [3.05, 3.63) is 17.5 Å². The van der Waals surface area contributed by atoms with Gasteiger partial charge in [-0.3, -0.25) is 9.69 Å². The average Bonchev–Trinajstić information content (AvgIpc) is 3.38. The Kier molecular flexibility index (Phi) is 7.30. The number of rotatable bonds is 6. The molecule has 2 fully saturated rings. The van der Waals surface area contributed by atoms with E-state index in [2.05, 4.69) is 41.0 Å². The smallest absolute Gasteiger partial charge is 0.236 e. The molecule has 0 aromatic carbocycles. The normalized spacial score (nSPS) is 18.9. The lowest BCUT2D eigenvalue weighted by molar-refractivity contribution is -0.131. The molecule has 3 heterocycles. The molecule has 1 aromatic rings. The van der Waals surface area contributed by atoms with Gasteiger partial charge >= 0.3 is 0 Å². The largest absolute Gasteiger partial charge is 0.359 e. The SMILES string of the molecule is CCNC(=NCc1cc(C(C)C)no1)N1CCN(CC(=O)N2CCCC2)CC1. The minimum absolute atomic E-state index is 0.276. The number of carbonyl (C=O) groups is 1. The van der Waals surface area contributed by atoms with E-state index >= 15 is 0 Å². The van der Waals surface area contributed by atoms with Crippen LogP contribution < -0.4 is 5.32 Å². The Morgan fingerprint density at radius 3 is 2.50 bits per heavy atom. The first-order valence-corrected chi connectivity index (χ1v) is 10.6. The molecule has 0 bridgehead atoms. The Hall–Kier alpha value is -2.09. The zero-order chi connectivity index (χ0) is 19.9. The van der Waals surface area contributed by atoms with Crippen molar-refractivity contribution in [2.75, 3.05) is 52.4 Å². The third kappa shape index (κ3) is 5.47. The van der Waals surface area contributed by atoms with Crippen molar-refractivity contribution in [2.45, 2.75) is 46.1 Å². The van der Waals surface area contributed by atoms with Gasteiger partial charge < -0.3 is 19.6 Å². The van der Waals surface area contributed by atoms with E-state index in [1.54, 1.807) is 0 Å². The Morgan fingerprint density at radius 1 is 1.18 bits per heavy atom. The summed E-state index contributed by atoms with van der Waals surface area (Å²) in [5, 5.41) is 7.47. The number of amides is 1. The van der Waals surface area contributed by atoms with E-state index in [9.17, 15) is 4.79 Å². The first-order valence-electron chi connectivity index (χ1n) is 10.6. The summed E-state index contributed by atoms with van der Waals surface area (Å²) < 4.78 is 5.40. The highest BCUT2D eigenvalue weighted by Gasteiger charge is 2.24. The zero-order valence-electron chi connectivity index (χ0n) is 17.5. The molecule has 1 aromatic heterocycles. The molecule has 28 heavy (non-hydrogen) atoms. The summed E-state index contributed by atoms with van der Waals surface area (Å²) in [6.07, 6.45) is 2.29. The summed E-state index contributed by atoms with van der Waals surface area (Å²) >= 11 is 0. The van der Waals surface area contributed by atoms with Crippen LogP contribution in [0.3, 0.4) is 0 Å². The Labute approximate surface area is 167 Å². The van der Waals surface area contributed by atoms with Gasteiger partial charge in [0.15, 0.2) is 11.7 Å². The lowest BCUT2D eigenvalue weighted by Crippen LogP contribution is -2.54. The van der Waals surface area contributed by atoms with E-state index in [4.69, 9.17) is 9.52 Å². The topological polar surface area (TPSA) is 77.2 Å². The predicted octanol–water partition coefficient (Wildman–Crippen LogP) is 1.50. The Morgan fingerprint density at radius 2 is 1.89 bits per heavy atom. The third-order valence-corrected chi connectivity index (χ3v) is 5.38. The fraction of sp³-hybridized carbons (Fsp3) is 0.750. The fourth-order valence-corrected chi connectivity index (χ4v) is 3.63. The van der Waals surface area contributed by atoms with Crippen molar-refractivity contribution < 1.29 is 9.32 Å². The van der Waals surface area contributed by atoms with Crippen LogP contribution in [0, 0.1) is 0 Å². The second-order valence-electron chi connectivity index (χ2n) is 7.89. The van der Waals surface area contributed by atoms with Crippen LogP contribution in [0.5, 0.6) is 0 Å². The van der Waals surface area contributed by atoms with Crippen LogP contribution in [0.25, 0.3) is 0 Å². The summed E-state index contributed by atoms with van der Waals surface area (Å²) in [5.41, 5.74) is 0.964. The number of aromatic nitrogens is 1. The van der Waals surface area contributed by atoms with Gasteiger partial charge in [-0.05, 0) is 25.7 Å². The van der Waals surface area contributed by atoms with Crippen LogP contribution >= 0.6 is 0 Å². The minimum atomic E-state index is 0.276. The Bertz CT molecular complexity index is 657. The first-order chi connectivity index (χ1) is 13.6. The second-order valence-corrected chi connectivity index (χ2v) is 7.89. The van der Waals surface area contributed by atoms with Crippen LogP contribution in [0.4, 0.5) is 0 Å². The van der Waals surface area contributed by atoms with E-state index in [1.165, 1.54) is 0 Å².